The van der Waals surface area contributed by atoms with Gasteiger partial charge in [-0.25, -0.2) is 4.79 Å². The lowest BCUT2D eigenvalue weighted by Crippen LogP contribution is -2.18. The third kappa shape index (κ3) is 4.84. The summed E-state index contributed by atoms with van der Waals surface area (Å²) in [7, 11) is 0. The quantitative estimate of drug-likeness (QED) is 0.292. The Kier molecular flexibility index (Phi) is 5.93. The largest absolute Gasteiger partial charge is 0.460 e. The second-order valence-corrected chi connectivity index (χ2v) is 2.39. The molecule has 0 atom stereocenters. The standard InChI is InChI=1S/C7H12O3S/c1-2-3-4-10-7(9)6(8)5-11/h11H,2-5H2,1H3. The number of ketones is 1. The summed E-state index contributed by atoms with van der Waals surface area (Å²) < 4.78 is 4.60. The van der Waals surface area contributed by atoms with Gasteiger partial charge < -0.3 is 4.74 Å². The van der Waals surface area contributed by atoms with Crippen molar-refractivity contribution in [1.82, 2.24) is 0 Å². The third-order valence-electron chi connectivity index (χ3n) is 1.10. The molecule has 0 rings (SSSR count). The summed E-state index contributed by atoms with van der Waals surface area (Å²) in [6.07, 6.45) is 1.74. The molecular formula is C7H12O3S. The van der Waals surface area contributed by atoms with Crippen molar-refractivity contribution in [2.45, 2.75) is 19.8 Å². The summed E-state index contributed by atoms with van der Waals surface area (Å²) in [6.45, 7) is 2.31. The van der Waals surface area contributed by atoms with Crippen LogP contribution < -0.4 is 0 Å². The lowest BCUT2D eigenvalue weighted by atomic mass is 10.4. The number of thiol groups is 1. The van der Waals surface area contributed by atoms with Crippen LogP contribution in [0.2, 0.25) is 0 Å². The van der Waals surface area contributed by atoms with E-state index >= 15 is 0 Å². The van der Waals surface area contributed by atoms with E-state index in [2.05, 4.69) is 17.4 Å². The third-order valence-corrected chi connectivity index (χ3v) is 1.39. The van der Waals surface area contributed by atoms with Gasteiger partial charge in [-0.2, -0.15) is 12.6 Å². The first kappa shape index (κ1) is 10.5. The number of Topliss-reactive ketones (excluding diaryl/α,β-unsaturated/α-hetero) is 1. The van der Waals surface area contributed by atoms with E-state index in [4.69, 9.17) is 0 Å². The van der Waals surface area contributed by atoms with Gasteiger partial charge >= 0.3 is 5.97 Å². The first-order valence-electron chi connectivity index (χ1n) is 3.53. The van der Waals surface area contributed by atoms with Gasteiger partial charge in [0.25, 0.3) is 0 Å². The highest BCUT2D eigenvalue weighted by Crippen LogP contribution is 1.90. The molecule has 0 saturated heterocycles. The summed E-state index contributed by atoms with van der Waals surface area (Å²) in [4.78, 5) is 21.2. The van der Waals surface area contributed by atoms with E-state index in [1.165, 1.54) is 0 Å². The van der Waals surface area contributed by atoms with Crippen LogP contribution in [-0.2, 0) is 14.3 Å². The summed E-state index contributed by atoms with van der Waals surface area (Å²) in [5, 5.41) is 0. The second-order valence-electron chi connectivity index (χ2n) is 2.07. The van der Waals surface area contributed by atoms with Gasteiger partial charge in [0.2, 0.25) is 5.78 Å². The van der Waals surface area contributed by atoms with Gasteiger partial charge in [0.1, 0.15) is 0 Å². The Balaban J connectivity index is 3.44. The zero-order valence-corrected chi connectivity index (χ0v) is 7.39. The fraction of sp³-hybridized carbons (Fsp3) is 0.714. The molecule has 0 radical (unpaired) electrons. The molecule has 0 aliphatic heterocycles. The normalized spacial score (nSPS) is 9.27. The SMILES string of the molecule is CCCCOC(=O)C(=O)CS. The lowest BCUT2D eigenvalue weighted by molar-refractivity contribution is -0.152. The Bertz CT molecular complexity index is 145. The molecule has 0 saturated carbocycles. The van der Waals surface area contributed by atoms with Crippen molar-refractivity contribution in [2.75, 3.05) is 12.4 Å². The molecule has 0 aromatic rings. The average molecular weight is 176 g/mol. The Morgan fingerprint density at radius 2 is 2.09 bits per heavy atom. The van der Waals surface area contributed by atoms with Crippen molar-refractivity contribution in [3.8, 4) is 0 Å². The van der Waals surface area contributed by atoms with E-state index in [0.717, 1.165) is 12.8 Å². The number of unbranched alkanes of at least 4 members (excludes halogenated alkanes) is 1. The smallest absolute Gasteiger partial charge is 0.375 e. The molecule has 0 aliphatic rings. The van der Waals surface area contributed by atoms with E-state index in [1.807, 2.05) is 6.92 Å². The van der Waals surface area contributed by atoms with Gasteiger partial charge in [-0.05, 0) is 6.42 Å². The van der Waals surface area contributed by atoms with Crippen LogP contribution in [0.5, 0.6) is 0 Å². The molecule has 0 aromatic carbocycles. The molecule has 64 valence electrons. The highest BCUT2D eigenvalue weighted by molar-refractivity contribution is 7.81. The lowest BCUT2D eigenvalue weighted by Gasteiger charge is -1.99. The number of hydrogen-bond acceptors (Lipinski definition) is 4. The fourth-order valence-corrected chi connectivity index (χ4v) is 0.583. The van der Waals surface area contributed by atoms with Crippen LogP contribution in [0, 0.1) is 0 Å². The maximum Gasteiger partial charge on any atom is 0.375 e. The minimum Gasteiger partial charge on any atom is -0.460 e. The molecule has 0 spiro atoms. The van der Waals surface area contributed by atoms with E-state index in [9.17, 15) is 9.59 Å². The van der Waals surface area contributed by atoms with Gasteiger partial charge in [0, 0.05) is 0 Å². The van der Waals surface area contributed by atoms with E-state index in [-0.39, 0.29) is 5.75 Å². The number of ether oxygens (including phenoxy) is 1. The molecule has 0 N–H and O–H groups in total. The molecule has 0 heterocycles. The molecule has 0 aliphatic carbocycles. The first-order valence-corrected chi connectivity index (χ1v) is 4.16. The van der Waals surface area contributed by atoms with Crippen LogP contribution in [0.25, 0.3) is 0 Å². The Hall–Kier alpha value is -0.510. The second kappa shape index (κ2) is 6.22. The predicted octanol–water partition coefficient (Wildman–Crippen LogP) is 0.829. The topological polar surface area (TPSA) is 43.4 Å². The highest BCUT2D eigenvalue weighted by atomic mass is 32.1. The molecule has 11 heavy (non-hydrogen) atoms. The number of rotatable bonds is 5. The highest BCUT2D eigenvalue weighted by Gasteiger charge is 2.11. The van der Waals surface area contributed by atoms with Crippen molar-refractivity contribution in [2.24, 2.45) is 0 Å². The molecule has 3 nitrogen and oxygen atoms in total. The van der Waals surface area contributed by atoms with Gasteiger partial charge in [-0.3, -0.25) is 4.79 Å². The number of carbonyl (C=O) groups excluding carboxylic acids is 2. The summed E-state index contributed by atoms with van der Waals surface area (Å²) in [5.74, 6) is -1.43. The minimum absolute atomic E-state index is 0.0784. The van der Waals surface area contributed by atoms with Gasteiger partial charge in [0.15, 0.2) is 0 Å². The molecule has 4 heteroatoms. The van der Waals surface area contributed by atoms with Crippen LogP contribution in [0.15, 0.2) is 0 Å². The minimum atomic E-state index is -0.770. The van der Waals surface area contributed by atoms with Gasteiger partial charge in [0.05, 0.1) is 12.4 Å². The van der Waals surface area contributed by atoms with Crippen molar-refractivity contribution in [3.63, 3.8) is 0 Å². The van der Waals surface area contributed by atoms with E-state index in [0.29, 0.717) is 6.61 Å². The van der Waals surface area contributed by atoms with Crippen molar-refractivity contribution in [3.05, 3.63) is 0 Å². The van der Waals surface area contributed by atoms with Crippen LogP contribution in [0.4, 0.5) is 0 Å². The average Bonchev–Trinajstić information content (AvgIpc) is 2.03. The zero-order valence-electron chi connectivity index (χ0n) is 6.50. The molecule has 0 aromatic heterocycles. The number of esters is 1. The van der Waals surface area contributed by atoms with Crippen LogP contribution >= 0.6 is 12.6 Å². The van der Waals surface area contributed by atoms with E-state index in [1.54, 1.807) is 0 Å². The fourth-order valence-electron chi connectivity index (χ4n) is 0.454. The van der Waals surface area contributed by atoms with Crippen molar-refractivity contribution >= 4 is 24.4 Å². The zero-order chi connectivity index (χ0) is 8.69. The van der Waals surface area contributed by atoms with Crippen LogP contribution in [0.1, 0.15) is 19.8 Å². The molecular weight excluding hydrogens is 164 g/mol. The summed E-state index contributed by atoms with van der Waals surface area (Å²) >= 11 is 3.65. The molecule has 0 fully saturated rings. The predicted molar refractivity (Wildman–Crippen MR) is 44.7 cm³/mol. The molecule has 0 amide bonds. The number of hydrogen-bond donors (Lipinski definition) is 1. The summed E-state index contributed by atoms with van der Waals surface area (Å²) in [5.41, 5.74) is 0. The van der Waals surface area contributed by atoms with Crippen molar-refractivity contribution in [1.29, 1.82) is 0 Å². The Labute approximate surface area is 71.5 Å². The molecule has 0 bridgehead atoms. The van der Waals surface area contributed by atoms with Crippen LogP contribution in [0.3, 0.4) is 0 Å². The van der Waals surface area contributed by atoms with Gasteiger partial charge in [-0.1, -0.05) is 13.3 Å². The van der Waals surface area contributed by atoms with Crippen molar-refractivity contribution < 1.29 is 14.3 Å². The number of carbonyl (C=O) groups is 2. The summed E-state index contributed by atoms with van der Waals surface area (Å²) in [6, 6.07) is 0. The Morgan fingerprint density at radius 1 is 1.45 bits per heavy atom. The molecule has 0 unspecified atom stereocenters. The first-order chi connectivity index (χ1) is 5.22. The van der Waals surface area contributed by atoms with Crippen LogP contribution in [-0.4, -0.2) is 24.1 Å². The van der Waals surface area contributed by atoms with Gasteiger partial charge in [-0.15, -0.1) is 0 Å². The van der Waals surface area contributed by atoms with E-state index < -0.39 is 11.8 Å². The Morgan fingerprint density at radius 3 is 2.55 bits per heavy atom. The maximum atomic E-state index is 10.6. The monoisotopic (exact) mass is 176 g/mol. The maximum absolute atomic E-state index is 10.6.